The lowest BCUT2D eigenvalue weighted by Gasteiger charge is -2.15. The van der Waals surface area contributed by atoms with E-state index in [4.69, 9.17) is 10.8 Å². The second-order valence-corrected chi connectivity index (χ2v) is 3.74. The van der Waals surface area contributed by atoms with Crippen molar-refractivity contribution in [1.82, 2.24) is 20.2 Å². The third kappa shape index (κ3) is 5.06. The van der Waals surface area contributed by atoms with Gasteiger partial charge in [0, 0.05) is 18.9 Å². The number of urea groups is 1. The number of primary amides is 1. The molecule has 1 aromatic heterocycles. The first-order chi connectivity index (χ1) is 9.00. The zero-order valence-corrected chi connectivity index (χ0v) is 10.1. The molecule has 0 aliphatic carbocycles. The van der Waals surface area contributed by atoms with Crippen molar-refractivity contribution < 1.29 is 19.5 Å². The molecule has 1 atom stereocenters. The lowest BCUT2D eigenvalue weighted by Crippen LogP contribution is -2.43. The van der Waals surface area contributed by atoms with Crippen LogP contribution in [0.2, 0.25) is 0 Å². The summed E-state index contributed by atoms with van der Waals surface area (Å²) in [5.41, 5.74) is 4.89. The molecular formula is C10H15N5O4. The molecule has 9 nitrogen and oxygen atoms in total. The van der Waals surface area contributed by atoms with Gasteiger partial charge >= 0.3 is 12.1 Å². The zero-order chi connectivity index (χ0) is 14.3. The summed E-state index contributed by atoms with van der Waals surface area (Å²) < 4.78 is 1.20. The van der Waals surface area contributed by atoms with Crippen molar-refractivity contribution in [1.29, 1.82) is 0 Å². The highest BCUT2D eigenvalue weighted by Gasteiger charge is 2.21. The second kappa shape index (κ2) is 6.99. The normalized spacial score (nSPS) is 11.6. The molecule has 9 heteroatoms. The average Bonchev–Trinajstić information content (AvgIpc) is 2.85. The molecular weight excluding hydrogens is 254 g/mol. The summed E-state index contributed by atoms with van der Waals surface area (Å²) in [5.74, 6) is -0.432. The Kier molecular flexibility index (Phi) is 5.33. The minimum absolute atomic E-state index is 0.240. The van der Waals surface area contributed by atoms with Crippen LogP contribution >= 0.6 is 0 Å². The van der Waals surface area contributed by atoms with Gasteiger partial charge < -0.3 is 21.5 Å². The van der Waals surface area contributed by atoms with E-state index >= 15 is 0 Å². The van der Waals surface area contributed by atoms with Gasteiger partial charge in [0.1, 0.15) is 12.4 Å². The molecule has 1 rings (SSSR count). The van der Waals surface area contributed by atoms with E-state index in [1.165, 1.54) is 23.3 Å². The predicted octanol–water partition coefficient (Wildman–Crippen LogP) is -0.392. The summed E-state index contributed by atoms with van der Waals surface area (Å²) in [6, 6.07) is -1.56. The summed E-state index contributed by atoms with van der Waals surface area (Å²) in [5, 5.41) is 13.2. The maximum absolute atomic E-state index is 12.0. The smallest absolute Gasteiger partial charge is 0.405 e. The van der Waals surface area contributed by atoms with Crippen molar-refractivity contribution in [3.8, 4) is 0 Å². The van der Waals surface area contributed by atoms with E-state index in [0.717, 1.165) is 0 Å². The molecule has 5 N–H and O–H groups in total. The molecule has 0 aliphatic rings. The first kappa shape index (κ1) is 14.5. The van der Waals surface area contributed by atoms with Crippen LogP contribution in [-0.4, -0.2) is 45.3 Å². The van der Waals surface area contributed by atoms with Crippen LogP contribution in [0.5, 0.6) is 0 Å². The van der Waals surface area contributed by atoms with Crippen LogP contribution in [0.1, 0.15) is 17.6 Å². The molecule has 104 valence electrons. The Labute approximate surface area is 108 Å². The van der Waals surface area contributed by atoms with Crippen LogP contribution in [0.4, 0.5) is 9.59 Å². The van der Waals surface area contributed by atoms with Crippen LogP contribution < -0.4 is 16.4 Å². The Morgan fingerprint density at radius 2 is 2.16 bits per heavy atom. The van der Waals surface area contributed by atoms with Crippen LogP contribution in [0.3, 0.4) is 0 Å². The summed E-state index contributed by atoms with van der Waals surface area (Å²) >= 11 is 0. The molecule has 1 heterocycles. The number of nitrogens with zero attached hydrogens (tertiary/aromatic N) is 2. The fourth-order valence-corrected chi connectivity index (χ4v) is 1.49. The first-order valence-electron chi connectivity index (χ1n) is 5.55. The van der Waals surface area contributed by atoms with Crippen LogP contribution in [-0.2, 0) is 0 Å². The minimum Gasteiger partial charge on any atom is -0.465 e. The number of hydrogen-bond donors (Lipinski definition) is 4. The Bertz CT molecular complexity index is 445. The highest BCUT2D eigenvalue weighted by Crippen LogP contribution is 2.01. The largest absolute Gasteiger partial charge is 0.465 e. The van der Waals surface area contributed by atoms with Gasteiger partial charge in [-0.15, -0.1) is 0 Å². The fraction of sp³-hybridized carbons (Fsp3) is 0.400. The Morgan fingerprint density at radius 3 is 2.68 bits per heavy atom. The standard InChI is InChI=1S/C10H15N5O4/c11-9(17)13-3-1-2-7(14-10(18)19)8(16)15-5-4-12-6-15/h4-7,14H,1-3H2,(H,18,19)(H3,11,13,17). The van der Waals surface area contributed by atoms with Gasteiger partial charge in [0.2, 0.25) is 0 Å². The Hall–Kier alpha value is -2.58. The van der Waals surface area contributed by atoms with E-state index < -0.39 is 24.1 Å². The lowest BCUT2D eigenvalue weighted by atomic mass is 10.1. The molecule has 0 saturated heterocycles. The van der Waals surface area contributed by atoms with Gasteiger partial charge in [-0.1, -0.05) is 0 Å². The number of carbonyl (C=O) groups is 3. The number of carboxylic acid groups (broad SMARTS) is 1. The van der Waals surface area contributed by atoms with Crippen molar-refractivity contribution in [2.75, 3.05) is 6.54 Å². The molecule has 1 unspecified atom stereocenters. The number of hydrogen-bond acceptors (Lipinski definition) is 4. The number of rotatable bonds is 6. The molecule has 0 fully saturated rings. The summed E-state index contributed by atoms with van der Waals surface area (Å²) in [6.45, 7) is 0.268. The van der Waals surface area contributed by atoms with Crippen LogP contribution in [0.25, 0.3) is 0 Å². The van der Waals surface area contributed by atoms with Crippen molar-refractivity contribution in [3.05, 3.63) is 18.7 Å². The number of nitrogens with one attached hydrogen (secondary N) is 2. The molecule has 0 bridgehead atoms. The van der Waals surface area contributed by atoms with Crippen LogP contribution in [0.15, 0.2) is 18.7 Å². The summed E-state index contributed by atoms with van der Waals surface area (Å²) in [6.07, 6.45) is 3.50. The fourth-order valence-electron chi connectivity index (χ4n) is 1.49. The van der Waals surface area contributed by atoms with Crippen molar-refractivity contribution in [2.45, 2.75) is 18.9 Å². The monoisotopic (exact) mass is 269 g/mol. The summed E-state index contributed by atoms with van der Waals surface area (Å²) in [4.78, 5) is 36.8. The number of aromatic nitrogens is 2. The van der Waals surface area contributed by atoms with Gasteiger partial charge in [0.15, 0.2) is 0 Å². The SMILES string of the molecule is NC(=O)NCCCC(NC(=O)O)C(=O)n1ccnc1. The third-order valence-electron chi connectivity index (χ3n) is 2.32. The van der Waals surface area contributed by atoms with Crippen LogP contribution in [0, 0.1) is 0 Å². The maximum atomic E-state index is 12.0. The molecule has 19 heavy (non-hydrogen) atoms. The Balaban J connectivity index is 2.54. The lowest BCUT2D eigenvalue weighted by molar-refractivity contribution is 0.0847. The van der Waals surface area contributed by atoms with Crippen molar-refractivity contribution in [3.63, 3.8) is 0 Å². The molecule has 1 aromatic rings. The van der Waals surface area contributed by atoms with Gasteiger partial charge in [-0.3, -0.25) is 9.36 Å². The van der Waals surface area contributed by atoms with Gasteiger partial charge in [-0.05, 0) is 12.8 Å². The highest BCUT2D eigenvalue weighted by atomic mass is 16.4. The van der Waals surface area contributed by atoms with Gasteiger partial charge in [0.05, 0.1) is 0 Å². The second-order valence-electron chi connectivity index (χ2n) is 3.74. The minimum atomic E-state index is -1.29. The van der Waals surface area contributed by atoms with E-state index in [9.17, 15) is 14.4 Å². The average molecular weight is 269 g/mol. The van der Waals surface area contributed by atoms with E-state index in [1.807, 2.05) is 0 Å². The molecule has 0 radical (unpaired) electrons. The number of imidazole rings is 1. The highest BCUT2D eigenvalue weighted by molar-refractivity contribution is 5.87. The van der Waals surface area contributed by atoms with E-state index in [-0.39, 0.29) is 13.0 Å². The number of amides is 3. The maximum Gasteiger partial charge on any atom is 0.405 e. The molecule has 0 aliphatic heterocycles. The molecule has 0 saturated carbocycles. The van der Waals surface area contributed by atoms with E-state index in [2.05, 4.69) is 15.6 Å². The van der Waals surface area contributed by atoms with Gasteiger partial charge in [0.25, 0.3) is 5.91 Å². The third-order valence-corrected chi connectivity index (χ3v) is 2.32. The quantitative estimate of drug-likeness (QED) is 0.520. The van der Waals surface area contributed by atoms with Gasteiger partial charge in [-0.25, -0.2) is 14.6 Å². The molecule has 0 aromatic carbocycles. The molecule has 0 spiro atoms. The van der Waals surface area contributed by atoms with E-state index in [0.29, 0.717) is 6.42 Å². The Morgan fingerprint density at radius 1 is 1.42 bits per heavy atom. The zero-order valence-electron chi connectivity index (χ0n) is 10.1. The summed E-state index contributed by atoms with van der Waals surface area (Å²) in [7, 11) is 0. The van der Waals surface area contributed by atoms with Gasteiger partial charge in [-0.2, -0.15) is 0 Å². The molecule has 3 amide bonds. The van der Waals surface area contributed by atoms with E-state index in [1.54, 1.807) is 0 Å². The van der Waals surface area contributed by atoms with Crippen molar-refractivity contribution >= 4 is 18.0 Å². The number of nitrogens with two attached hydrogens (primary N) is 1. The predicted molar refractivity (Wildman–Crippen MR) is 64.6 cm³/mol. The number of carbonyl (C=O) groups excluding carboxylic acids is 2. The van der Waals surface area contributed by atoms with Crippen molar-refractivity contribution in [2.24, 2.45) is 5.73 Å². The topological polar surface area (TPSA) is 139 Å². The first-order valence-corrected chi connectivity index (χ1v) is 5.55.